The molecule has 0 saturated heterocycles. The van der Waals surface area contributed by atoms with Gasteiger partial charge in [-0.1, -0.05) is 6.07 Å². The maximum absolute atomic E-state index is 12.0. The average Bonchev–Trinajstić information content (AvgIpc) is 3.14. The Kier molecular flexibility index (Phi) is 4.81. The Morgan fingerprint density at radius 2 is 2.17 bits per heavy atom. The Balaban J connectivity index is 2.20. The first-order chi connectivity index (χ1) is 8.61. The van der Waals surface area contributed by atoms with Gasteiger partial charge < -0.3 is 4.74 Å². The number of carbonyl (C=O) groups excluding carboxylic acids is 1. The minimum Gasteiger partial charge on any atom is -0.465 e. The van der Waals surface area contributed by atoms with E-state index in [-0.39, 0.29) is 12.0 Å². The molecular weight excluding hydrogens is 362 g/mol. The fourth-order valence-electron chi connectivity index (χ4n) is 1.70. The summed E-state index contributed by atoms with van der Waals surface area (Å²) in [5.41, 5.74) is 0.926. The topological polar surface area (TPSA) is 38.3 Å². The van der Waals surface area contributed by atoms with Crippen LogP contribution in [0.15, 0.2) is 27.1 Å². The van der Waals surface area contributed by atoms with Crippen LogP contribution in [0.1, 0.15) is 31.4 Å². The maximum Gasteiger partial charge on any atom is 0.327 e. The lowest BCUT2D eigenvalue weighted by molar-refractivity contribution is -0.145. The van der Waals surface area contributed by atoms with Gasteiger partial charge in [-0.05, 0) is 69.3 Å². The molecule has 0 heterocycles. The molecular formula is C13H15Br2NO2. The summed E-state index contributed by atoms with van der Waals surface area (Å²) < 4.78 is 7.04. The van der Waals surface area contributed by atoms with E-state index in [4.69, 9.17) is 4.74 Å². The third-order valence-corrected chi connectivity index (χ3v) is 4.66. The van der Waals surface area contributed by atoms with Crippen LogP contribution in [0.5, 0.6) is 0 Å². The van der Waals surface area contributed by atoms with Gasteiger partial charge in [0.05, 0.1) is 6.61 Å². The van der Waals surface area contributed by atoms with Gasteiger partial charge in [0.25, 0.3) is 0 Å². The van der Waals surface area contributed by atoms with Crippen LogP contribution in [0.25, 0.3) is 0 Å². The van der Waals surface area contributed by atoms with Crippen LogP contribution in [-0.4, -0.2) is 18.6 Å². The van der Waals surface area contributed by atoms with Crippen LogP contribution in [0, 0.1) is 0 Å². The van der Waals surface area contributed by atoms with Gasteiger partial charge >= 0.3 is 5.97 Å². The van der Waals surface area contributed by atoms with E-state index in [1.54, 1.807) is 0 Å². The van der Waals surface area contributed by atoms with Gasteiger partial charge in [-0.2, -0.15) is 0 Å². The van der Waals surface area contributed by atoms with Crippen molar-refractivity contribution in [1.29, 1.82) is 0 Å². The highest BCUT2D eigenvalue weighted by Gasteiger charge is 2.30. The molecule has 1 N–H and O–H groups in total. The number of esters is 1. The first kappa shape index (κ1) is 14.0. The van der Waals surface area contributed by atoms with Gasteiger partial charge in [-0.3, -0.25) is 5.32 Å². The van der Waals surface area contributed by atoms with Crippen molar-refractivity contribution >= 4 is 37.8 Å². The van der Waals surface area contributed by atoms with Crippen LogP contribution in [0.4, 0.5) is 0 Å². The molecule has 5 heteroatoms. The smallest absolute Gasteiger partial charge is 0.327 e. The van der Waals surface area contributed by atoms with E-state index in [9.17, 15) is 4.79 Å². The zero-order valence-corrected chi connectivity index (χ0v) is 13.3. The molecule has 98 valence electrons. The summed E-state index contributed by atoms with van der Waals surface area (Å²) in [6, 6.07) is 5.89. The first-order valence-corrected chi connectivity index (χ1v) is 7.58. The lowest BCUT2D eigenvalue weighted by atomic mass is 10.1. The summed E-state index contributed by atoms with van der Waals surface area (Å²) in [4.78, 5) is 12.0. The van der Waals surface area contributed by atoms with Crippen LogP contribution < -0.4 is 5.32 Å². The minimum absolute atomic E-state index is 0.210. The van der Waals surface area contributed by atoms with E-state index in [1.165, 1.54) is 0 Å². The monoisotopic (exact) mass is 375 g/mol. The third-order valence-electron chi connectivity index (χ3n) is 2.78. The summed E-state index contributed by atoms with van der Waals surface area (Å²) in [6.07, 6.45) is 2.27. The van der Waals surface area contributed by atoms with E-state index in [0.717, 1.165) is 27.4 Å². The normalized spacial score (nSPS) is 16.4. The maximum atomic E-state index is 12.0. The Hall–Kier alpha value is -0.390. The summed E-state index contributed by atoms with van der Waals surface area (Å²) >= 11 is 6.88. The van der Waals surface area contributed by atoms with Crippen molar-refractivity contribution in [3.8, 4) is 0 Å². The van der Waals surface area contributed by atoms with Crippen LogP contribution in [-0.2, 0) is 9.53 Å². The van der Waals surface area contributed by atoms with Crippen molar-refractivity contribution in [2.45, 2.75) is 31.8 Å². The van der Waals surface area contributed by atoms with E-state index in [2.05, 4.69) is 37.2 Å². The molecule has 0 bridgehead atoms. The molecule has 18 heavy (non-hydrogen) atoms. The van der Waals surface area contributed by atoms with Crippen molar-refractivity contribution in [2.24, 2.45) is 0 Å². The van der Waals surface area contributed by atoms with Gasteiger partial charge in [-0.15, -0.1) is 0 Å². The highest BCUT2D eigenvalue weighted by molar-refractivity contribution is 9.13. The quantitative estimate of drug-likeness (QED) is 0.798. The molecule has 1 unspecified atom stereocenters. The molecule has 1 aliphatic rings. The molecule has 1 saturated carbocycles. The molecule has 1 aromatic carbocycles. The molecule has 1 aliphatic carbocycles. The third kappa shape index (κ3) is 3.56. The zero-order valence-electron chi connectivity index (χ0n) is 10.1. The Labute approximate surface area is 124 Å². The summed E-state index contributed by atoms with van der Waals surface area (Å²) in [5, 5.41) is 3.33. The Morgan fingerprint density at radius 1 is 1.44 bits per heavy atom. The number of ether oxygens (including phenoxy) is 1. The standard InChI is InChI=1S/C13H15Br2NO2/c1-2-18-13(17)12(16-9-4-5-9)8-3-6-10(14)11(15)7-8/h3,6-7,9,12,16H,2,4-5H2,1H3. The zero-order chi connectivity index (χ0) is 13.1. The molecule has 1 atom stereocenters. The number of nitrogens with one attached hydrogen (secondary N) is 1. The lowest BCUT2D eigenvalue weighted by Crippen LogP contribution is -2.31. The largest absolute Gasteiger partial charge is 0.465 e. The Morgan fingerprint density at radius 3 is 2.72 bits per heavy atom. The van der Waals surface area contributed by atoms with Crippen molar-refractivity contribution in [2.75, 3.05) is 6.61 Å². The van der Waals surface area contributed by atoms with Crippen LogP contribution >= 0.6 is 31.9 Å². The molecule has 0 aliphatic heterocycles. The van der Waals surface area contributed by atoms with E-state index < -0.39 is 0 Å². The van der Waals surface area contributed by atoms with Crippen molar-refractivity contribution in [1.82, 2.24) is 5.32 Å². The second-order valence-corrected chi connectivity index (χ2v) is 6.01. The predicted molar refractivity (Wildman–Crippen MR) is 77.4 cm³/mol. The predicted octanol–water partition coefficient (Wildman–Crippen LogP) is 3.57. The van der Waals surface area contributed by atoms with E-state index >= 15 is 0 Å². The van der Waals surface area contributed by atoms with E-state index in [0.29, 0.717) is 12.6 Å². The molecule has 0 amide bonds. The molecule has 3 nitrogen and oxygen atoms in total. The summed E-state index contributed by atoms with van der Waals surface area (Å²) in [6.45, 7) is 2.23. The molecule has 0 aromatic heterocycles. The van der Waals surface area contributed by atoms with Gasteiger partial charge in [0.2, 0.25) is 0 Å². The molecule has 0 radical (unpaired) electrons. The number of hydrogen-bond acceptors (Lipinski definition) is 3. The first-order valence-electron chi connectivity index (χ1n) is 5.99. The molecule has 1 aromatic rings. The van der Waals surface area contributed by atoms with Crippen molar-refractivity contribution in [3.63, 3.8) is 0 Å². The van der Waals surface area contributed by atoms with Gasteiger partial charge in [0, 0.05) is 15.0 Å². The van der Waals surface area contributed by atoms with Gasteiger partial charge in [0.1, 0.15) is 6.04 Å². The number of benzene rings is 1. The molecule has 0 spiro atoms. The van der Waals surface area contributed by atoms with Gasteiger partial charge in [0.15, 0.2) is 0 Å². The SMILES string of the molecule is CCOC(=O)C(NC1CC1)c1ccc(Br)c(Br)c1. The van der Waals surface area contributed by atoms with Crippen molar-refractivity contribution < 1.29 is 9.53 Å². The second kappa shape index (κ2) is 6.17. The number of rotatable bonds is 5. The number of hydrogen-bond donors (Lipinski definition) is 1. The highest BCUT2D eigenvalue weighted by Crippen LogP contribution is 2.29. The molecule has 1 fully saturated rings. The second-order valence-electron chi connectivity index (χ2n) is 4.30. The Bertz CT molecular complexity index is 447. The van der Waals surface area contributed by atoms with E-state index in [1.807, 2.05) is 25.1 Å². The highest BCUT2D eigenvalue weighted by atomic mass is 79.9. The minimum atomic E-state index is -0.373. The summed E-state index contributed by atoms with van der Waals surface area (Å²) in [7, 11) is 0. The van der Waals surface area contributed by atoms with Crippen molar-refractivity contribution in [3.05, 3.63) is 32.7 Å². The molecule has 2 rings (SSSR count). The number of carbonyl (C=O) groups is 1. The fourth-order valence-corrected chi connectivity index (χ4v) is 2.35. The van der Waals surface area contributed by atoms with Gasteiger partial charge in [-0.25, -0.2) is 4.79 Å². The number of halogens is 2. The van der Waals surface area contributed by atoms with Crippen LogP contribution in [0.3, 0.4) is 0 Å². The fraction of sp³-hybridized carbons (Fsp3) is 0.462. The summed E-state index contributed by atoms with van der Waals surface area (Å²) in [5.74, 6) is -0.210. The lowest BCUT2D eigenvalue weighted by Gasteiger charge is -2.18. The van der Waals surface area contributed by atoms with Crippen LogP contribution in [0.2, 0.25) is 0 Å². The average molecular weight is 377 g/mol.